The first-order chi connectivity index (χ1) is 8.60. The van der Waals surface area contributed by atoms with Crippen molar-refractivity contribution in [1.29, 1.82) is 5.26 Å². The van der Waals surface area contributed by atoms with Crippen molar-refractivity contribution in [2.45, 2.75) is 20.8 Å². The number of hydrogen-bond donors (Lipinski definition) is 1. The summed E-state index contributed by atoms with van der Waals surface area (Å²) in [6.45, 7) is 6.01. The van der Waals surface area contributed by atoms with Crippen LogP contribution in [0.15, 0.2) is 30.3 Å². The van der Waals surface area contributed by atoms with E-state index in [2.05, 4.69) is 29.4 Å². The zero-order valence-electron chi connectivity index (χ0n) is 10.8. The molecular weight excluding hydrogens is 222 g/mol. The van der Waals surface area contributed by atoms with E-state index in [-0.39, 0.29) is 0 Å². The van der Waals surface area contributed by atoms with Crippen LogP contribution < -0.4 is 5.32 Å². The number of anilines is 2. The van der Waals surface area contributed by atoms with Crippen LogP contribution >= 0.6 is 0 Å². The smallest absolute Gasteiger partial charge is 0.148 e. The molecule has 3 heteroatoms. The molecule has 3 nitrogen and oxygen atoms in total. The molecule has 1 N–H and O–H groups in total. The predicted octanol–water partition coefficient (Wildman–Crippen LogP) is 3.62. The molecule has 1 aromatic heterocycles. The van der Waals surface area contributed by atoms with Crippen molar-refractivity contribution in [3.05, 3.63) is 52.7 Å². The van der Waals surface area contributed by atoms with Gasteiger partial charge in [-0.05, 0) is 44.5 Å². The zero-order chi connectivity index (χ0) is 13.1. The van der Waals surface area contributed by atoms with Crippen molar-refractivity contribution in [1.82, 2.24) is 4.98 Å². The number of nitrogens with one attached hydrogen (secondary N) is 1. The first kappa shape index (κ1) is 12.1. The van der Waals surface area contributed by atoms with Crippen molar-refractivity contribution in [3.63, 3.8) is 0 Å². The Bertz CT molecular complexity index is 624. The molecule has 1 aromatic carbocycles. The second-order valence-electron chi connectivity index (χ2n) is 4.40. The lowest BCUT2D eigenvalue weighted by molar-refractivity contribution is 1.18. The van der Waals surface area contributed by atoms with Crippen molar-refractivity contribution in [2.24, 2.45) is 0 Å². The Morgan fingerprint density at radius 1 is 1.11 bits per heavy atom. The molecule has 0 amide bonds. The van der Waals surface area contributed by atoms with Gasteiger partial charge in [-0.1, -0.05) is 17.7 Å². The van der Waals surface area contributed by atoms with Gasteiger partial charge in [-0.25, -0.2) is 4.98 Å². The van der Waals surface area contributed by atoms with E-state index in [0.717, 1.165) is 16.9 Å². The highest BCUT2D eigenvalue weighted by Gasteiger charge is 2.06. The van der Waals surface area contributed by atoms with E-state index in [1.165, 1.54) is 5.56 Å². The second-order valence-corrected chi connectivity index (χ2v) is 4.40. The lowest BCUT2D eigenvalue weighted by Gasteiger charge is -2.11. The van der Waals surface area contributed by atoms with Crippen LogP contribution in [0.1, 0.15) is 22.4 Å². The molecule has 0 fully saturated rings. The SMILES string of the molecule is Cc1ccc(Nc2nc(C)ccc2C#N)c(C)c1. The minimum atomic E-state index is 0.556. The maximum Gasteiger partial charge on any atom is 0.148 e. The molecule has 0 aliphatic carbocycles. The minimum absolute atomic E-state index is 0.556. The van der Waals surface area contributed by atoms with E-state index < -0.39 is 0 Å². The molecule has 18 heavy (non-hydrogen) atoms. The molecule has 0 atom stereocenters. The third-order valence-electron chi connectivity index (χ3n) is 2.79. The van der Waals surface area contributed by atoms with Gasteiger partial charge in [0.05, 0.1) is 5.56 Å². The van der Waals surface area contributed by atoms with Gasteiger partial charge in [0.15, 0.2) is 0 Å². The van der Waals surface area contributed by atoms with Crippen LogP contribution in [0, 0.1) is 32.1 Å². The molecule has 2 rings (SSSR count). The van der Waals surface area contributed by atoms with Gasteiger partial charge in [0.2, 0.25) is 0 Å². The fourth-order valence-corrected chi connectivity index (χ4v) is 1.82. The summed E-state index contributed by atoms with van der Waals surface area (Å²) in [5.74, 6) is 0.615. The standard InChI is InChI=1S/C15H15N3/c1-10-4-7-14(11(2)8-10)18-15-13(9-16)6-5-12(3)17-15/h4-8H,1-3H3,(H,17,18). The topological polar surface area (TPSA) is 48.7 Å². The molecular formula is C15H15N3. The summed E-state index contributed by atoms with van der Waals surface area (Å²) in [5.41, 5.74) is 4.79. The molecule has 0 saturated heterocycles. The van der Waals surface area contributed by atoms with Crippen LogP contribution in [0.4, 0.5) is 11.5 Å². The van der Waals surface area contributed by atoms with Crippen LogP contribution in [0.2, 0.25) is 0 Å². The van der Waals surface area contributed by atoms with E-state index >= 15 is 0 Å². The van der Waals surface area contributed by atoms with Gasteiger partial charge in [0.25, 0.3) is 0 Å². The Balaban J connectivity index is 2.40. The van der Waals surface area contributed by atoms with Crippen molar-refractivity contribution < 1.29 is 0 Å². The van der Waals surface area contributed by atoms with E-state index in [9.17, 15) is 0 Å². The molecule has 1 heterocycles. The summed E-state index contributed by atoms with van der Waals surface area (Å²) < 4.78 is 0. The van der Waals surface area contributed by atoms with Gasteiger partial charge in [-0.2, -0.15) is 5.26 Å². The van der Waals surface area contributed by atoms with Gasteiger partial charge >= 0.3 is 0 Å². The van der Waals surface area contributed by atoms with Gasteiger partial charge in [0.1, 0.15) is 11.9 Å². The first-order valence-electron chi connectivity index (χ1n) is 5.82. The lowest BCUT2D eigenvalue weighted by atomic mass is 10.1. The fourth-order valence-electron chi connectivity index (χ4n) is 1.82. The zero-order valence-corrected chi connectivity index (χ0v) is 10.8. The Morgan fingerprint density at radius 2 is 1.89 bits per heavy atom. The summed E-state index contributed by atoms with van der Waals surface area (Å²) in [7, 11) is 0. The molecule has 2 aromatic rings. The second kappa shape index (κ2) is 4.89. The highest BCUT2D eigenvalue weighted by atomic mass is 15.0. The van der Waals surface area contributed by atoms with Crippen LogP contribution in [0.5, 0.6) is 0 Å². The van der Waals surface area contributed by atoms with Crippen molar-refractivity contribution in [2.75, 3.05) is 5.32 Å². The molecule has 0 aliphatic rings. The van der Waals surface area contributed by atoms with Crippen molar-refractivity contribution >= 4 is 11.5 Å². The number of pyridine rings is 1. The predicted molar refractivity (Wildman–Crippen MR) is 72.9 cm³/mol. The van der Waals surface area contributed by atoms with E-state index in [1.807, 2.05) is 32.0 Å². The summed E-state index contributed by atoms with van der Waals surface area (Å²) in [5, 5.41) is 12.3. The number of aryl methyl sites for hydroxylation is 3. The quantitative estimate of drug-likeness (QED) is 0.867. The van der Waals surface area contributed by atoms with Crippen LogP contribution in [-0.4, -0.2) is 4.98 Å². The molecule has 90 valence electrons. The normalized spacial score (nSPS) is 9.89. The molecule has 0 bridgehead atoms. The van der Waals surface area contributed by atoms with Crippen LogP contribution in [0.3, 0.4) is 0 Å². The van der Waals surface area contributed by atoms with Gasteiger partial charge < -0.3 is 5.32 Å². The van der Waals surface area contributed by atoms with Gasteiger partial charge in [-0.15, -0.1) is 0 Å². The lowest BCUT2D eigenvalue weighted by Crippen LogP contribution is -2.00. The average molecular weight is 237 g/mol. The summed E-state index contributed by atoms with van der Waals surface area (Å²) in [6, 6.07) is 11.9. The van der Waals surface area contributed by atoms with Gasteiger partial charge in [-0.3, -0.25) is 0 Å². The van der Waals surface area contributed by atoms with Crippen LogP contribution in [-0.2, 0) is 0 Å². The van der Waals surface area contributed by atoms with Crippen LogP contribution in [0.25, 0.3) is 0 Å². The summed E-state index contributed by atoms with van der Waals surface area (Å²) >= 11 is 0. The molecule has 0 unspecified atom stereocenters. The third kappa shape index (κ3) is 2.49. The van der Waals surface area contributed by atoms with Gasteiger partial charge in [0, 0.05) is 11.4 Å². The highest BCUT2D eigenvalue weighted by Crippen LogP contribution is 2.22. The third-order valence-corrected chi connectivity index (χ3v) is 2.79. The number of benzene rings is 1. The minimum Gasteiger partial charge on any atom is -0.339 e. The number of hydrogen-bond acceptors (Lipinski definition) is 3. The Morgan fingerprint density at radius 3 is 2.56 bits per heavy atom. The highest BCUT2D eigenvalue weighted by molar-refractivity contribution is 5.65. The first-order valence-corrected chi connectivity index (χ1v) is 5.82. The van der Waals surface area contributed by atoms with E-state index in [4.69, 9.17) is 5.26 Å². The molecule has 0 saturated carbocycles. The molecule has 0 radical (unpaired) electrons. The Labute approximate surface area is 107 Å². The Hall–Kier alpha value is -2.34. The summed E-state index contributed by atoms with van der Waals surface area (Å²) in [4.78, 5) is 4.37. The molecule has 0 aliphatic heterocycles. The maximum atomic E-state index is 9.07. The van der Waals surface area contributed by atoms with Crippen molar-refractivity contribution in [3.8, 4) is 6.07 Å². The largest absolute Gasteiger partial charge is 0.339 e. The number of rotatable bonds is 2. The summed E-state index contributed by atoms with van der Waals surface area (Å²) in [6.07, 6.45) is 0. The number of nitrogens with zero attached hydrogens (tertiary/aromatic N) is 2. The Kier molecular flexibility index (Phi) is 3.29. The maximum absolute atomic E-state index is 9.07. The average Bonchev–Trinajstić information content (AvgIpc) is 2.33. The monoisotopic (exact) mass is 237 g/mol. The van der Waals surface area contributed by atoms with E-state index in [1.54, 1.807) is 6.07 Å². The fraction of sp³-hybridized carbons (Fsp3) is 0.200. The number of aromatic nitrogens is 1. The molecule has 0 spiro atoms. The number of nitriles is 1. The van der Waals surface area contributed by atoms with E-state index in [0.29, 0.717) is 11.4 Å².